The Morgan fingerprint density at radius 2 is 1.45 bits per heavy atom. The Labute approximate surface area is 125 Å². The van der Waals surface area contributed by atoms with E-state index in [2.05, 4.69) is 0 Å². The van der Waals surface area contributed by atoms with Crippen LogP contribution in [0, 0.1) is 0 Å². The van der Waals surface area contributed by atoms with Crippen LogP contribution in [0.25, 0.3) is 0 Å². The SMILES string of the molecule is CCC(C)(C)N(C)S(=O)(=O)c1ccc(S(=O)(=O)Cl)cc1. The maximum atomic E-state index is 12.4. The molecule has 0 aliphatic carbocycles. The number of hydrogen-bond acceptors (Lipinski definition) is 4. The number of benzene rings is 1. The van der Waals surface area contributed by atoms with E-state index in [0.717, 1.165) is 0 Å². The van der Waals surface area contributed by atoms with Crippen molar-refractivity contribution in [2.45, 2.75) is 42.5 Å². The third-order valence-corrected chi connectivity index (χ3v) is 6.93. The quantitative estimate of drug-likeness (QED) is 0.772. The molecule has 8 heteroatoms. The molecule has 114 valence electrons. The van der Waals surface area contributed by atoms with Gasteiger partial charge in [0.15, 0.2) is 0 Å². The zero-order chi connectivity index (χ0) is 15.8. The summed E-state index contributed by atoms with van der Waals surface area (Å²) in [7, 11) is -0.830. The van der Waals surface area contributed by atoms with Gasteiger partial charge < -0.3 is 0 Å². The summed E-state index contributed by atoms with van der Waals surface area (Å²) in [6, 6.07) is 4.85. The van der Waals surface area contributed by atoms with Gasteiger partial charge in [-0.1, -0.05) is 6.92 Å². The van der Waals surface area contributed by atoms with Gasteiger partial charge >= 0.3 is 0 Å². The maximum Gasteiger partial charge on any atom is 0.261 e. The summed E-state index contributed by atoms with van der Waals surface area (Å²) in [5.41, 5.74) is -0.532. The van der Waals surface area contributed by atoms with E-state index in [0.29, 0.717) is 6.42 Å². The summed E-state index contributed by atoms with van der Waals surface area (Å²) in [4.78, 5) is -0.0962. The van der Waals surface area contributed by atoms with Crippen molar-refractivity contribution in [1.29, 1.82) is 0 Å². The Hall–Kier alpha value is -0.630. The summed E-state index contributed by atoms with van der Waals surface area (Å²) < 4.78 is 48.4. The van der Waals surface area contributed by atoms with Gasteiger partial charge in [0.1, 0.15) is 0 Å². The van der Waals surface area contributed by atoms with E-state index in [9.17, 15) is 16.8 Å². The molecule has 20 heavy (non-hydrogen) atoms. The fourth-order valence-electron chi connectivity index (χ4n) is 1.48. The Morgan fingerprint density at radius 3 is 1.80 bits per heavy atom. The Bertz CT molecular complexity index is 679. The van der Waals surface area contributed by atoms with Gasteiger partial charge in [0.25, 0.3) is 9.05 Å². The van der Waals surface area contributed by atoms with E-state index in [1.54, 1.807) is 0 Å². The monoisotopic (exact) mass is 339 g/mol. The summed E-state index contributed by atoms with van der Waals surface area (Å²) in [6.07, 6.45) is 0.650. The Balaban J connectivity index is 3.25. The Morgan fingerprint density at radius 1 is 1.05 bits per heavy atom. The minimum atomic E-state index is -3.85. The fourth-order valence-corrected chi connectivity index (χ4v) is 3.83. The van der Waals surface area contributed by atoms with Crippen molar-refractivity contribution in [1.82, 2.24) is 4.31 Å². The zero-order valence-corrected chi connectivity index (χ0v) is 14.2. The second-order valence-corrected chi connectivity index (χ2v) is 9.58. The third kappa shape index (κ3) is 3.52. The third-order valence-electron chi connectivity index (χ3n) is 3.48. The van der Waals surface area contributed by atoms with Gasteiger partial charge in [-0.05, 0) is 44.5 Å². The lowest BCUT2D eigenvalue weighted by atomic mass is 10.0. The fraction of sp³-hybridized carbons (Fsp3) is 0.500. The van der Waals surface area contributed by atoms with Crippen molar-refractivity contribution in [3.05, 3.63) is 24.3 Å². The molecule has 1 aromatic rings. The van der Waals surface area contributed by atoms with Crippen LogP contribution in [0.4, 0.5) is 0 Å². The van der Waals surface area contributed by atoms with Crippen molar-refractivity contribution in [3.63, 3.8) is 0 Å². The molecule has 0 amide bonds. The van der Waals surface area contributed by atoms with Crippen LogP contribution in [0.2, 0.25) is 0 Å². The summed E-state index contributed by atoms with van der Waals surface area (Å²) >= 11 is 0. The number of hydrogen-bond donors (Lipinski definition) is 0. The molecule has 5 nitrogen and oxygen atoms in total. The first-order valence-electron chi connectivity index (χ1n) is 5.96. The molecular formula is C12H18ClNO4S2. The molecule has 0 fully saturated rings. The maximum absolute atomic E-state index is 12.4. The number of rotatable bonds is 5. The van der Waals surface area contributed by atoms with Crippen LogP contribution in [-0.4, -0.2) is 33.7 Å². The van der Waals surface area contributed by atoms with Crippen LogP contribution in [-0.2, 0) is 19.1 Å². The Kier molecular flexibility index (Phi) is 4.91. The summed E-state index contributed by atoms with van der Waals surface area (Å²) in [5, 5.41) is 0. The van der Waals surface area contributed by atoms with Gasteiger partial charge in [0.05, 0.1) is 9.79 Å². The number of nitrogens with zero attached hydrogens (tertiary/aromatic N) is 1. The molecular weight excluding hydrogens is 322 g/mol. The highest BCUT2D eigenvalue weighted by Gasteiger charge is 2.32. The normalized spacial score (nSPS) is 13.7. The van der Waals surface area contributed by atoms with Gasteiger partial charge in [0, 0.05) is 23.3 Å². The van der Waals surface area contributed by atoms with Crippen molar-refractivity contribution in [3.8, 4) is 0 Å². The van der Waals surface area contributed by atoms with Crippen LogP contribution in [0.1, 0.15) is 27.2 Å². The average Bonchev–Trinajstić information content (AvgIpc) is 2.37. The minimum Gasteiger partial charge on any atom is -0.207 e. The van der Waals surface area contributed by atoms with Crippen molar-refractivity contribution in [2.75, 3.05) is 7.05 Å². The minimum absolute atomic E-state index is 0.0330. The first kappa shape index (κ1) is 17.4. The van der Waals surface area contributed by atoms with Crippen molar-refractivity contribution in [2.24, 2.45) is 0 Å². The van der Waals surface area contributed by atoms with Crippen LogP contribution < -0.4 is 0 Å². The molecule has 0 aromatic heterocycles. The first-order chi connectivity index (χ1) is 8.93. The van der Waals surface area contributed by atoms with Gasteiger partial charge in [0.2, 0.25) is 10.0 Å². The standard InChI is InChI=1S/C12H18ClNO4S2/c1-5-12(2,3)14(4)20(17,18)11-8-6-10(7-9-11)19(13,15)16/h6-9H,5H2,1-4H3. The highest BCUT2D eigenvalue weighted by molar-refractivity contribution is 8.13. The van der Waals surface area contributed by atoms with E-state index in [1.807, 2.05) is 20.8 Å². The van der Waals surface area contributed by atoms with E-state index in [-0.39, 0.29) is 9.79 Å². The van der Waals surface area contributed by atoms with Gasteiger partial charge in [-0.2, -0.15) is 4.31 Å². The average molecular weight is 340 g/mol. The molecule has 0 saturated heterocycles. The number of sulfonamides is 1. The second-order valence-electron chi connectivity index (χ2n) is 5.05. The molecule has 0 atom stereocenters. The van der Waals surface area contributed by atoms with E-state index in [1.165, 1.54) is 35.6 Å². The molecule has 0 saturated carbocycles. The van der Waals surface area contributed by atoms with Gasteiger partial charge in [-0.25, -0.2) is 16.8 Å². The number of halogens is 1. The molecule has 0 aliphatic rings. The lowest BCUT2D eigenvalue weighted by Gasteiger charge is -2.33. The van der Waals surface area contributed by atoms with E-state index >= 15 is 0 Å². The molecule has 0 spiro atoms. The molecule has 1 aromatic carbocycles. The van der Waals surface area contributed by atoms with Gasteiger partial charge in [-0.3, -0.25) is 0 Å². The van der Waals surface area contributed by atoms with Crippen molar-refractivity contribution < 1.29 is 16.8 Å². The molecule has 0 bridgehead atoms. The summed E-state index contributed by atoms with van der Waals surface area (Å²) in [6.45, 7) is 5.54. The topological polar surface area (TPSA) is 71.5 Å². The van der Waals surface area contributed by atoms with Crippen LogP contribution in [0.3, 0.4) is 0 Å². The molecule has 1 rings (SSSR count). The lowest BCUT2D eigenvalue weighted by molar-refractivity contribution is 0.257. The van der Waals surface area contributed by atoms with E-state index < -0.39 is 24.6 Å². The highest BCUT2D eigenvalue weighted by Crippen LogP contribution is 2.26. The van der Waals surface area contributed by atoms with Crippen molar-refractivity contribution >= 4 is 29.8 Å². The molecule has 0 unspecified atom stereocenters. The van der Waals surface area contributed by atoms with Crippen LogP contribution in [0.5, 0.6) is 0 Å². The smallest absolute Gasteiger partial charge is 0.207 e. The lowest BCUT2D eigenvalue weighted by Crippen LogP contribution is -2.44. The van der Waals surface area contributed by atoms with Gasteiger partial charge in [-0.15, -0.1) is 0 Å². The largest absolute Gasteiger partial charge is 0.261 e. The van der Waals surface area contributed by atoms with Crippen LogP contribution in [0.15, 0.2) is 34.1 Å². The van der Waals surface area contributed by atoms with Crippen LogP contribution >= 0.6 is 10.7 Å². The predicted molar refractivity (Wildman–Crippen MR) is 78.8 cm³/mol. The predicted octanol–water partition coefficient (Wildman–Crippen LogP) is 2.42. The second kappa shape index (κ2) is 5.63. The van der Waals surface area contributed by atoms with E-state index in [4.69, 9.17) is 10.7 Å². The molecule has 0 N–H and O–H groups in total. The summed E-state index contributed by atoms with van der Waals surface area (Å²) in [5.74, 6) is 0. The molecule has 0 aliphatic heterocycles. The molecule has 0 radical (unpaired) electrons. The highest BCUT2D eigenvalue weighted by atomic mass is 35.7. The zero-order valence-electron chi connectivity index (χ0n) is 11.8. The first-order valence-corrected chi connectivity index (χ1v) is 9.71. The molecule has 0 heterocycles.